The van der Waals surface area contributed by atoms with Crippen LogP contribution in [-0.2, 0) is 20.5 Å². The van der Waals surface area contributed by atoms with Crippen LogP contribution >= 0.6 is 11.6 Å². The van der Waals surface area contributed by atoms with E-state index in [0.29, 0.717) is 0 Å². The summed E-state index contributed by atoms with van der Waals surface area (Å²) in [6.45, 7) is 1.18. The highest BCUT2D eigenvalue weighted by molar-refractivity contribution is 6.32. The SMILES string of the molecule is C[C@@H](OC(=O)/C=C/c1cc(C(F)(F)F)ccc1Cl)C(=O)NC(N)=O. The number of carbonyl (C=O) groups is 3. The van der Waals surface area contributed by atoms with Crippen molar-refractivity contribution in [2.45, 2.75) is 19.2 Å². The molecule has 10 heteroatoms. The van der Waals surface area contributed by atoms with E-state index >= 15 is 0 Å². The molecule has 24 heavy (non-hydrogen) atoms. The van der Waals surface area contributed by atoms with Gasteiger partial charge in [0.2, 0.25) is 0 Å². The Kier molecular flexibility index (Phi) is 6.35. The molecule has 0 aliphatic heterocycles. The normalized spacial score (nSPS) is 12.7. The molecule has 0 fully saturated rings. The van der Waals surface area contributed by atoms with E-state index in [4.69, 9.17) is 17.3 Å². The van der Waals surface area contributed by atoms with E-state index in [-0.39, 0.29) is 10.6 Å². The van der Waals surface area contributed by atoms with E-state index in [2.05, 4.69) is 4.74 Å². The monoisotopic (exact) mass is 364 g/mol. The zero-order valence-electron chi connectivity index (χ0n) is 12.2. The highest BCUT2D eigenvalue weighted by Crippen LogP contribution is 2.32. The quantitative estimate of drug-likeness (QED) is 0.633. The van der Waals surface area contributed by atoms with Crippen LogP contribution in [0.5, 0.6) is 0 Å². The summed E-state index contributed by atoms with van der Waals surface area (Å²) >= 11 is 5.76. The molecule has 0 heterocycles. The maximum atomic E-state index is 12.6. The Labute approximate surface area is 139 Å². The first-order valence-corrected chi connectivity index (χ1v) is 6.74. The first-order valence-electron chi connectivity index (χ1n) is 6.36. The number of rotatable bonds is 4. The van der Waals surface area contributed by atoms with Crippen molar-refractivity contribution in [1.82, 2.24) is 5.32 Å². The number of hydrogen-bond acceptors (Lipinski definition) is 4. The molecule has 1 aromatic rings. The molecule has 0 unspecified atom stereocenters. The fourth-order valence-electron chi connectivity index (χ4n) is 1.50. The van der Waals surface area contributed by atoms with Crippen LogP contribution in [0.4, 0.5) is 18.0 Å². The number of esters is 1. The number of imide groups is 1. The van der Waals surface area contributed by atoms with Crippen LogP contribution in [-0.4, -0.2) is 24.0 Å². The molecule has 130 valence electrons. The lowest BCUT2D eigenvalue weighted by Crippen LogP contribution is -2.42. The predicted molar refractivity (Wildman–Crippen MR) is 78.8 cm³/mol. The number of halogens is 4. The lowest BCUT2D eigenvalue weighted by atomic mass is 10.1. The molecule has 3 N–H and O–H groups in total. The number of nitrogens with one attached hydrogen (secondary N) is 1. The molecule has 0 saturated carbocycles. The Morgan fingerprint density at radius 2 is 1.96 bits per heavy atom. The fourth-order valence-corrected chi connectivity index (χ4v) is 1.68. The Morgan fingerprint density at radius 1 is 1.33 bits per heavy atom. The number of urea groups is 1. The van der Waals surface area contributed by atoms with Crippen molar-refractivity contribution in [3.05, 3.63) is 40.4 Å². The molecule has 6 nitrogen and oxygen atoms in total. The van der Waals surface area contributed by atoms with Crippen LogP contribution in [0.1, 0.15) is 18.1 Å². The van der Waals surface area contributed by atoms with Gasteiger partial charge in [0.15, 0.2) is 6.10 Å². The zero-order valence-corrected chi connectivity index (χ0v) is 12.9. The average molecular weight is 365 g/mol. The van der Waals surface area contributed by atoms with Gasteiger partial charge in [0.1, 0.15) is 0 Å². The van der Waals surface area contributed by atoms with Crippen LogP contribution in [0.2, 0.25) is 5.02 Å². The minimum absolute atomic E-state index is 0.00781. The third-order valence-corrected chi connectivity index (χ3v) is 2.98. The Bertz CT molecular complexity index is 689. The van der Waals surface area contributed by atoms with Gasteiger partial charge < -0.3 is 10.5 Å². The molecule has 0 bridgehead atoms. The Balaban J connectivity index is 2.80. The molecular weight excluding hydrogens is 353 g/mol. The highest BCUT2D eigenvalue weighted by atomic mass is 35.5. The molecular formula is C14H12ClF3N2O4. The molecule has 1 atom stereocenters. The number of carbonyl (C=O) groups excluding carboxylic acids is 3. The van der Waals surface area contributed by atoms with Crippen molar-refractivity contribution in [3.63, 3.8) is 0 Å². The highest BCUT2D eigenvalue weighted by Gasteiger charge is 2.30. The van der Waals surface area contributed by atoms with Crippen LogP contribution in [0, 0.1) is 0 Å². The van der Waals surface area contributed by atoms with Gasteiger partial charge in [-0.05, 0) is 36.8 Å². The van der Waals surface area contributed by atoms with Gasteiger partial charge in [-0.15, -0.1) is 0 Å². The van der Waals surface area contributed by atoms with E-state index in [9.17, 15) is 27.6 Å². The Hall–Kier alpha value is -2.55. The number of benzene rings is 1. The van der Waals surface area contributed by atoms with Gasteiger partial charge in [-0.1, -0.05) is 11.6 Å². The van der Waals surface area contributed by atoms with Gasteiger partial charge in [-0.3, -0.25) is 10.1 Å². The summed E-state index contributed by atoms with van der Waals surface area (Å²) in [6.07, 6.45) is -4.07. The minimum atomic E-state index is -4.56. The number of primary amides is 1. The van der Waals surface area contributed by atoms with Crippen molar-refractivity contribution in [2.24, 2.45) is 5.73 Å². The van der Waals surface area contributed by atoms with Gasteiger partial charge in [0.05, 0.1) is 5.56 Å². The third kappa shape index (κ3) is 5.92. The second-order valence-electron chi connectivity index (χ2n) is 4.50. The zero-order chi connectivity index (χ0) is 18.5. The van der Waals surface area contributed by atoms with Crippen LogP contribution in [0.15, 0.2) is 24.3 Å². The standard InChI is InChI=1S/C14H12ClF3N2O4/c1-7(12(22)20-13(19)23)24-11(21)5-2-8-6-9(14(16,17)18)3-4-10(8)15/h2-7H,1H3,(H3,19,20,22,23)/b5-2+/t7-/m1/s1. The number of alkyl halides is 3. The van der Waals surface area contributed by atoms with E-state index in [1.807, 2.05) is 0 Å². The molecule has 0 aliphatic rings. The van der Waals surface area contributed by atoms with Gasteiger partial charge in [0, 0.05) is 11.1 Å². The maximum absolute atomic E-state index is 12.6. The average Bonchev–Trinajstić information content (AvgIpc) is 2.44. The number of hydrogen-bond donors (Lipinski definition) is 2. The van der Waals surface area contributed by atoms with Crippen molar-refractivity contribution < 1.29 is 32.3 Å². The predicted octanol–water partition coefficient (Wildman–Crippen LogP) is 2.50. The molecule has 0 radical (unpaired) electrons. The number of amides is 3. The Morgan fingerprint density at radius 3 is 2.50 bits per heavy atom. The van der Waals surface area contributed by atoms with Gasteiger partial charge >= 0.3 is 18.2 Å². The molecule has 1 aromatic carbocycles. The van der Waals surface area contributed by atoms with Crippen molar-refractivity contribution in [1.29, 1.82) is 0 Å². The second-order valence-corrected chi connectivity index (χ2v) is 4.91. The minimum Gasteiger partial charge on any atom is -0.449 e. The first-order chi connectivity index (χ1) is 11.0. The molecule has 0 spiro atoms. The fraction of sp³-hybridized carbons (Fsp3) is 0.214. The maximum Gasteiger partial charge on any atom is 0.416 e. The molecule has 3 amide bonds. The van der Waals surface area contributed by atoms with E-state index < -0.39 is 35.8 Å². The lowest BCUT2D eigenvalue weighted by molar-refractivity contribution is -0.149. The second kappa shape index (κ2) is 7.82. The summed E-state index contributed by atoms with van der Waals surface area (Å²) in [5.41, 5.74) is 3.74. The molecule has 0 saturated heterocycles. The molecule has 0 aromatic heterocycles. The largest absolute Gasteiger partial charge is 0.449 e. The summed E-state index contributed by atoms with van der Waals surface area (Å²) in [6, 6.07) is 1.48. The lowest BCUT2D eigenvalue weighted by Gasteiger charge is -2.10. The van der Waals surface area contributed by atoms with E-state index in [0.717, 1.165) is 30.4 Å². The van der Waals surface area contributed by atoms with Crippen LogP contribution < -0.4 is 11.1 Å². The van der Waals surface area contributed by atoms with Crippen LogP contribution in [0.3, 0.4) is 0 Å². The summed E-state index contributed by atoms with van der Waals surface area (Å²) in [5, 5.41) is 1.70. The van der Waals surface area contributed by atoms with Gasteiger partial charge in [-0.2, -0.15) is 13.2 Å². The van der Waals surface area contributed by atoms with Crippen molar-refractivity contribution >= 4 is 35.6 Å². The van der Waals surface area contributed by atoms with Crippen molar-refractivity contribution in [3.8, 4) is 0 Å². The van der Waals surface area contributed by atoms with E-state index in [1.165, 1.54) is 6.92 Å². The summed E-state index contributed by atoms with van der Waals surface area (Å²) < 4.78 is 42.5. The third-order valence-electron chi connectivity index (χ3n) is 2.63. The summed E-state index contributed by atoms with van der Waals surface area (Å²) in [7, 11) is 0. The molecule has 1 rings (SSSR count). The topological polar surface area (TPSA) is 98.5 Å². The van der Waals surface area contributed by atoms with Crippen molar-refractivity contribution in [2.75, 3.05) is 0 Å². The van der Waals surface area contributed by atoms with Gasteiger partial charge in [0.25, 0.3) is 5.91 Å². The smallest absolute Gasteiger partial charge is 0.416 e. The molecule has 0 aliphatic carbocycles. The van der Waals surface area contributed by atoms with Gasteiger partial charge in [-0.25, -0.2) is 9.59 Å². The van der Waals surface area contributed by atoms with Crippen LogP contribution in [0.25, 0.3) is 6.08 Å². The summed E-state index contributed by atoms with van der Waals surface area (Å²) in [4.78, 5) is 33.3. The first kappa shape index (κ1) is 19.5. The summed E-state index contributed by atoms with van der Waals surface area (Å²) in [5.74, 6) is -1.96. The number of ether oxygens (including phenoxy) is 1. The number of nitrogens with two attached hydrogens (primary N) is 1. The van der Waals surface area contributed by atoms with E-state index in [1.54, 1.807) is 5.32 Å².